The number of benzene rings is 1. The van der Waals surface area contributed by atoms with E-state index in [1.165, 1.54) is 25.3 Å². The average molecular weight is 273 g/mol. The molecule has 1 aromatic rings. The monoisotopic (exact) mass is 273 g/mol. The van der Waals surface area contributed by atoms with E-state index in [0.29, 0.717) is 11.5 Å². The topological polar surface area (TPSA) is 92.8 Å². The fourth-order valence-electron chi connectivity index (χ4n) is 1.56. The molecular weight excluding hydrogens is 258 g/mol. The summed E-state index contributed by atoms with van der Waals surface area (Å²) in [6.07, 6.45) is -2.16. The number of nitro groups is 1. The van der Waals surface area contributed by atoms with Gasteiger partial charge in [-0.3, -0.25) is 10.1 Å². The maximum Gasteiger partial charge on any atom is 0.279 e. The molecule has 2 N–H and O–H groups in total. The average Bonchev–Trinajstić information content (AvgIpc) is 2.37. The molecule has 0 aromatic heterocycles. The summed E-state index contributed by atoms with van der Waals surface area (Å²) in [5, 5.41) is 30.5. The van der Waals surface area contributed by atoms with Gasteiger partial charge in [-0.05, 0) is 24.3 Å². The Morgan fingerprint density at radius 2 is 2.17 bits per heavy atom. The lowest BCUT2D eigenvalue weighted by Gasteiger charge is -2.17. The van der Waals surface area contributed by atoms with Crippen LogP contribution in [-0.2, 0) is 0 Å². The summed E-state index contributed by atoms with van der Waals surface area (Å²) in [6, 6.07) is 4.09. The third-order valence-corrected chi connectivity index (χ3v) is 2.80. The molecule has 0 aliphatic carbocycles. The molecule has 0 saturated heterocycles. The van der Waals surface area contributed by atoms with E-state index in [4.69, 9.17) is 4.74 Å². The van der Waals surface area contributed by atoms with Crippen LogP contribution in [0.4, 0.5) is 5.69 Å². The number of methoxy groups -OCH3 is 1. The highest BCUT2D eigenvalue weighted by Gasteiger charge is 2.26. The van der Waals surface area contributed by atoms with Crippen molar-refractivity contribution in [3.8, 4) is 5.75 Å². The maximum atomic E-state index is 10.9. The number of rotatable bonds is 6. The van der Waals surface area contributed by atoms with Crippen molar-refractivity contribution in [2.24, 2.45) is 0 Å². The highest BCUT2D eigenvalue weighted by atomic mass is 32.1. The minimum atomic E-state index is -1.32. The van der Waals surface area contributed by atoms with Crippen molar-refractivity contribution in [1.29, 1.82) is 0 Å². The Hall–Kier alpha value is -1.31. The standard InChI is InChI=1S/C11H15NO5S/c1-17-7-2-3-8(9(6-7)12(15)16)11(14)10(13)4-5-18/h2-3,6,10-11,13-14,18H,4-5H2,1H3. The second-order valence-corrected chi connectivity index (χ2v) is 4.15. The number of ether oxygens (including phenoxy) is 1. The summed E-state index contributed by atoms with van der Waals surface area (Å²) in [7, 11) is 1.39. The molecule has 0 aliphatic heterocycles. The molecule has 0 heterocycles. The van der Waals surface area contributed by atoms with Crippen LogP contribution in [0, 0.1) is 10.1 Å². The number of nitro benzene ring substituents is 1. The number of hydrogen-bond acceptors (Lipinski definition) is 6. The summed E-state index contributed by atoms with van der Waals surface area (Å²) in [6.45, 7) is 0. The van der Waals surface area contributed by atoms with Crippen molar-refractivity contribution in [3.63, 3.8) is 0 Å². The van der Waals surface area contributed by atoms with Crippen LogP contribution in [0.1, 0.15) is 18.1 Å². The van der Waals surface area contributed by atoms with Crippen LogP contribution in [-0.4, -0.2) is 34.1 Å². The second kappa shape index (κ2) is 6.58. The molecule has 0 amide bonds. The van der Waals surface area contributed by atoms with Crippen LogP contribution >= 0.6 is 12.6 Å². The van der Waals surface area contributed by atoms with Gasteiger partial charge >= 0.3 is 0 Å². The van der Waals surface area contributed by atoms with E-state index in [1.807, 2.05) is 0 Å². The minimum absolute atomic E-state index is 0.0649. The number of aliphatic hydroxyl groups excluding tert-OH is 2. The summed E-state index contributed by atoms with van der Waals surface area (Å²) >= 11 is 3.94. The Balaban J connectivity index is 3.10. The van der Waals surface area contributed by atoms with E-state index in [2.05, 4.69) is 12.6 Å². The van der Waals surface area contributed by atoms with Gasteiger partial charge < -0.3 is 14.9 Å². The lowest BCUT2D eigenvalue weighted by Crippen LogP contribution is -2.19. The first-order valence-corrected chi connectivity index (χ1v) is 5.93. The second-order valence-electron chi connectivity index (χ2n) is 3.71. The van der Waals surface area contributed by atoms with Gasteiger partial charge in [0, 0.05) is 0 Å². The molecule has 0 aliphatic rings. The molecule has 0 spiro atoms. The smallest absolute Gasteiger partial charge is 0.279 e. The van der Waals surface area contributed by atoms with Gasteiger partial charge in [-0.1, -0.05) is 0 Å². The van der Waals surface area contributed by atoms with Crippen LogP contribution in [0.2, 0.25) is 0 Å². The van der Waals surface area contributed by atoms with Crippen molar-refractivity contribution < 1.29 is 19.9 Å². The normalized spacial score (nSPS) is 14.0. The Morgan fingerprint density at radius 1 is 1.50 bits per heavy atom. The predicted octanol–water partition coefficient (Wildman–Crippen LogP) is 1.32. The van der Waals surface area contributed by atoms with Gasteiger partial charge in [0.2, 0.25) is 0 Å². The molecule has 6 nitrogen and oxygen atoms in total. The molecule has 2 unspecified atom stereocenters. The molecule has 0 bridgehead atoms. The van der Waals surface area contributed by atoms with Gasteiger partial charge in [-0.25, -0.2) is 0 Å². The zero-order valence-electron chi connectivity index (χ0n) is 9.81. The van der Waals surface area contributed by atoms with Crippen molar-refractivity contribution in [2.75, 3.05) is 12.9 Å². The molecule has 0 fully saturated rings. The highest BCUT2D eigenvalue weighted by molar-refractivity contribution is 7.80. The van der Waals surface area contributed by atoms with Gasteiger partial charge in [-0.2, -0.15) is 12.6 Å². The molecule has 7 heteroatoms. The Morgan fingerprint density at radius 3 is 2.67 bits per heavy atom. The number of aliphatic hydroxyl groups is 2. The van der Waals surface area contributed by atoms with Crippen LogP contribution in [0.15, 0.2) is 18.2 Å². The van der Waals surface area contributed by atoms with E-state index in [9.17, 15) is 20.3 Å². The van der Waals surface area contributed by atoms with E-state index in [0.717, 1.165) is 0 Å². The Kier molecular flexibility index (Phi) is 5.39. The van der Waals surface area contributed by atoms with Crippen LogP contribution < -0.4 is 4.74 Å². The van der Waals surface area contributed by atoms with Crippen molar-refractivity contribution in [1.82, 2.24) is 0 Å². The molecule has 100 valence electrons. The van der Waals surface area contributed by atoms with Crippen LogP contribution in [0.25, 0.3) is 0 Å². The quantitative estimate of drug-likeness (QED) is 0.413. The summed E-state index contributed by atoms with van der Waals surface area (Å²) in [5.74, 6) is 0.698. The van der Waals surface area contributed by atoms with Gasteiger partial charge in [0.15, 0.2) is 0 Å². The molecule has 1 aromatic carbocycles. The fraction of sp³-hybridized carbons (Fsp3) is 0.455. The van der Waals surface area contributed by atoms with Gasteiger partial charge in [0.25, 0.3) is 5.69 Å². The lowest BCUT2D eigenvalue weighted by molar-refractivity contribution is -0.386. The van der Waals surface area contributed by atoms with E-state index >= 15 is 0 Å². The Labute approximate surface area is 110 Å². The first-order chi connectivity index (χ1) is 8.51. The summed E-state index contributed by atoms with van der Waals surface area (Å²) in [4.78, 5) is 10.3. The van der Waals surface area contributed by atoms with Crippen molar-refractivity contribution in [2.45, 2.75) is 18.6 Å². The summed E-state index contributed by atoms with van der Waals surface area (Å²) < 4.78 is 4.89. The number of thiol groups is 1. The lowest BCUT2D eigenvalue weighted by atomic mass is 10.0. The molecule has 2 atom stereocenters. The third kappa shape index (κ3) is 3.34. The first-order valence-electron chi connectivity index (χ1n) is 5.30. The van der Waals surface area contributed by atoms with Crippen molar-refractivity contribution in [3.05, 3.63) is 33.9 Å². The number of nitrogens with zero attached hydrogens (tertiary/aromatic N) is 1. The van der Waals surface area contributed by atoms with Gasteiger partial charge in [-0.15, -0.1) is 0 Å². The van der Waals surface area contributed by atoms with E-state index in [1.54, 1.807) is 0 Å². The zero-order chi connectivity index (χ0) is 13.7. The van der Waals surface area contributed by atoms with Crippen LogP contribution in [0.3, 0.4) is 0 Å². The number of hydrogen-bond donors (Lipinski definition) is 3. The third-order valence-electron chi connectivity index (χ3n) is 2.54. The molecule has 18 heavy (non-hydrogen) atoms. The van der Waals surface area contributed by atoms with E-state index < -0.39 is 17.1 Å². The van der Waals surface area contributed by atoms with E-state index in [-0.39, 0.29) is 17.7 Å². The van der Waals surface area contributed by atoms with Gasteiger partial charge in [0.05, 0.1) is 29.8 Å². The predicted molar refractivity (Wildman–Crippen MR) is 69.1 cm³/mol. The van der Waals surface area contributed by atoms with Gasteiger partial charge in [0.1, 0.15) is 11.9 Å². The SMILES string of the molecule is COc1ccc(C(O)C(O)CCS)c([N+](=O)[O-])c1. The molecule has 0 saturated carbocycles. The molecular formula is C11H15NO5S. The fourth-order valence-corrected chi connectivity index (χ4v) is 1.82. The molecule has 1 rings (SSSR count). The molecule has 0 radical (unpaired) electrons. The minimum Gasteiger partial charge on any atom is -0.497 e. The first kappa shape index (κ1) is 14.7. The highest BCUT2D eigenvalue weighted by Crippen LogP contribution is 2.31. The van der Waals surface area contributed by atoms with Crippen molar-refractivity contribution >= 4 is 18.3 Å². The summed E-state index contributed by atoms with van der Waals surface area (Å²) in [5.41, 5.74) is -0.213. The van der Waals surface area contributed by atoms with Crippen LogP contribution in [0.5, 0.6) is 5.75 Å². The zero-order valence-corrected chi connectivity index (χ0v) is 10.7. The maximum absolute atomic E-state index is 10.9. The Bertz CT molecular complexity index is 426. The largest absolute Gasteiger partial charge is 0.497 e.